The van der Waals surface area contributed by atoms with E-state index < -0.39 is 9.84 Å². The highest BCUT2D eigenvalue weighted by Crippen LogP contribution is 2.29. The van der Waals surface area contributed by atoms with Crippen molar-refractivity contribution < 1.29 is 8.42 Å². The molecule has 0 aliphatic carbocycles. The van der Waals surface area contributed by atoms with Gasteiger partial charge in [0, 0.05) is 29.1 Å². The lowest BCUT2D eigenvalue weighted by atomic mass is 10.1. The van der Waals surface area contributed by atoms with Crippen LogP contribution in [0.4, 0.5) is 5.69 Å². The van der Waals surface area contributed by atoms with Gasteiger partial charge in [0.1, 0.15) is 0 Å². The average molecular weight is 353 g/mol. The standard InChI is InChI=1S/C12H15BrClNO2S/c1-15(11-4-5-18(16,17)8-11)12-3-2-10(14)6-9(12)7-13/h2-3,6,11H,4-5,7-8H2,1H3. The monoisotopic (exact) mass is 351 g/mol. The molecule has 0 N–H and O–H groups in total. The number of benzene rings is 1. The maximum atomic E-state index is 11.5. The average Bonchev–Trinajstić information content (AvgIpc) is 2.68. The van der Waals surface area contributed by atoms with E-state index in [0.29, 0.717) is 22.5 Å². The Labute approximate surface area is 121 Å². The van der Waals surface area contributed by atoms with Crippen LogP contribution in [-0.2, 0) is 15.2 Å². The van der Waals surface area contributed by atoms with Crippen molar-refractivity contribution in [1.29, 1.82) is 0 Å². The molecule has 1 unspecified atom stereocenters. The van der Waals surface area contributed by atoms with E-state index in [0.717, 1.165) is 11.3 Å². The van der Waals surface area contributed by atoms with Gasteiger partial charge in [0.05, 0.1) is 11.5 Å². The van der Waals surface area contributed by atoms with E-state index in [1.807, 2.05) is 25.2 Å². The van der Waals surface area contributed by atoms with Gasteiger partial charge in [-0.15, -0.1) is 0 Å². The molecule has 1 aromatic rings. The summed E-state index contributed by atoms with van der Waals surface area (Å²) in [5.41, 5.74) is 2.12. The second-order valence-electron chi connectivity index (χ2n) is 4.57. The molecular formula is C12H15BrClNO2S. The molecule has 0 spiro atoms. The molecule has 18 heavy (non-hydrogen) atoms. The third kappa shape index (κ3) is 3.00. The Kier molecular flexibility index (Phi) is 4.24. The van der Waals surface area contributed by atoms with E-state index in [1.165, 1.54) is 0 Å². The van der Waals surface area contributed by atoms with Crippen LogP contribution in [0.1, 0.15) is 12.0 Å². The Morgan fingerprint density at radius 1 is 1.50 bits per heavy atom. The molecule has 0 aromatic heterocycles. The van der Waals surface area contributed by atoms with Gasteiger partial charge in [0.2, 0.25) is 0 Å². The SMILES string of the molecule is CN(c1ccc(Cl)cc1CBr)C1CCS(=O)(=O)C1. The molecule has 0 amide bonds. The number of rotatable bonds is 3. The van der Waals surface area contributed by atoms with Gasteiger partial charge in [0.15, 0.2) is 9.84 Å². The fourth-order valence-electron chi connectivity index (χ4n) is 2.28. The lowest BCUT2D eigenvalue weighted by Crippen LogP contribution is -2.33. The molecule has 3 nitrogen and oxygen atoms in total. The van der Waals surface area contributed by atoms with Gasteiger partial charge in [0.25, 0.3) is 0 Å². The van der Waals surface area contributed by atoms with Crippen molar-refractivity contribution in [2.24, 2.45) is 0 Å². The molecule has 1 fully saturated rings. The molecule has 6 heteroatoms. The number of sulfone groups is 1. The minimum atomic E-state index is -2.86. The Bertz CT molecular complexity index is 547. The van der Waals surface area contributed by atoms with E-state index in [4.69, 9.17) is 11.6 Å². The fraction of sp³-hybridized carbons (Fsp3) is 0.500. The summed E-state index contributed by atoms with van der Waals surface area (Å²) in [5, 5.41) is 1.40. The second-order valence-corrected chi connectivity index (χ2v) is 7.80. The normalized spacial score (nSPS) is 22.1. The topological polar surface area (TPSA) is 37.4 Å². The van der Waals surface area contributed by atoms with E-state index in [-0.39, 0.29) is 11.8 Å². The van der Waals surface area contributed by atoms with E-state index >= 15 is 0 Å². The highest BCUT2D eigenvalue weighted by Gasteiger charge is 2.31. The van der Waals surface area contributed by atoms with Crippen LogP contribution in [0.5, 0.6) is 0 Å². The number of hydrogen-bond donors (Lipinski definition) is 0. The zero-order valence-corrected chi connectivity index (χ0v) is 13.2. The predicted octanol–water partition coefficient (Wildman–Crippen LogP) is 2.86. The van der Waals surface area contributed by atoms with Gasteiger partial charge >= 0.3 is 0 Å². The summed E-state index contributed by atoms with van der Waals surface area (Å²) >= 11 is 9.41. The van der Waals surface area contributed by atoms with E-state index in [2.05, 4.69) is 20.8 Å². The number of anilines is 1. The Morgan fingerprint density at radius 3 is 2.78 bits per heavy atom. The molecule has 0 bridgehead atoms. The van der Waals surface area contributed by atoms with Gasteiger partial charge in [-0.05, 0) is 30.2 Å². The molecule has 100 valence electrons. The summed E-state index contributed by atoms with van der Waals surface area (Å²) in [6.45, 7) is 0. The van der Waals surface area contributed by atoms with Crippen LogP contribution in [0.25, 0.3) is 0 Å². The number of halogens is 2. The molecule has 1 aromatic carbocycles. The van der Waals surface area contributed by atoms with Gasteiger partial charge in [-0.25, -0.2) is 8.42 Å². The third-order valence-corrected chi connectivity index (χ3v) is 5.91. The quantitative estimate of drug-likeness (QED) is 0.785. The summed E-state index contributed by atoms with van der Waals surface area (Å²) in [4.78, 5) is 2.05. The Morgan fingerprint density at radius 2 is 2.22 bits per heavy atom. The van der Waals surface area contributed by atoms with Crippen LogP contribution in [0, 0.1) is 0 Å². The first kappa shape index (κ1) is 14.2. The number of nitrogens with zero attached hydrogens (tertiary/aromatic N) is 1. The first-order chi connectivity index (χ1) is 8.43. The Hall–Kier alpha value is -0.260. The summed E-state index contributed by atoms with van der Waals surface area (Å²) in [6.07, 6.45) is 0.698. The van der Waals surface area contributed by atoms with E-state index in [1.54, 1.807) is 0 Å². The van der Waals surface area contributed by atoms with Crippen LogP contribution in [-0.4, -0.2) is 33.0 Å². The lowest BCUT2D eigenvalue weighted by molar-refractivity contribution is 0.601. The molecule has 1 aliphatic rings. The largest absolute Gasteiger partial charge is 0.370 e. The number of hydrogen-bond acceptors (Lipinski definition) is 3. The molecule has 1 saturated heterocycles. The fourth-order valence-corrected chi connectivity index (χ4v) is 4.70. The second kappa shape index (κ2) is 5.39. The summed E-state index contributed by atoms with van der Waals surface area (Å²) in [5.74, 6) is 0.535. The van der Waals surface area contributed by atoms with Crippen LogP contribution < -0.4 is 4.90 Å². The van der Waals surface area contributed by atoms with Crippen LogP contribution in [0.3, 0.4) is 0 Å². The summed E-state index contributed by atoms with van der Waals surface area (Å²) < 4.78 is 23.1. The van der Waals surface area contributed by atoms with E-state index in [9.17, 15) is 8.42 Å². The third-order valence-electron chi connectivity index (χ3n) is 3.32. The van der Waals surface area contributed by atoms with Crippen LogP contribution >= 0.6 is 27.5 Å². The summed E-state index contributed by atoms with van der Waals surface area (Å²) in [7, 11) is -0.910. The highest BCUT2D eigenvalue weighted by atomic mass is 79.9. The minimum absolute atomic E-state index is 0.0639. The van der Waals surface area contributed by atoms with Gasteiger partial charge in [-0.3, -0.25) is 0 Å². The summed E-state index contributed by atoms with van der Waals surface area (Å²) in [6, 6.07) is 5.76. The van der Waals surface area contributed by atoms with Crippen molar-refractivity contribution in [3.05, 3.63) is 28.8 Å². The first-order valence-corrected chi connectivity index (χ1v) is 9.02. The van der Waals surface area contributed by atoms with Gasteiger partial charge in [-0.1, -0.05) is 27.5 Å². The maximum Gasteiger partial charge on any atom is 0.152 e. The van der Waals surface area contributed by atoms with Crippen molar-refractivity contribution in [1.82, 2.24) is 0 Å². The van der Waals surface area contributed by atoms with Crippen molar-refractivity contribution in [3.63, 3.8) is 0 Å². The molecule has 1 heterocycles. The molecule has 0 radical (unpaired) electrons. The maximum absolute atomic E-state index is 11.5. The van der Waals surface area contributed by atoms with Crippen LogP contribution in [0.15, 0.2) is 18.2 Å². The molecule has 0 saturated carbocycles. The zero-order chi connectivity index (χ0) is 13.3. The van der Waals surface area contributed by atoms with Crippen molar-refractivity contribution in [3.8, 4) is 0 Å². The number of alkyl halides is 1. The molecule has 1 aliphatic heterocycles. The van der Waals surface area contributed by atoms with Crippen LogP contribution in [0.2, 0.25) is 5.02 Å². The molecular weight excluding hydrogens is 338 g/mol. The van der Waals surface area contributed by atoms with Crippen molar-refractivity contribution in [2.75, 3.05) is 23.5 Å². The molecule has 2 rings (SSSR count). The molecule has 1 atom stereocenters. The van der Waals surface area contributed by atoms with Crippen molar-refractivity contribution in [2.45, 2.75) is 17.8 Å². The first-order valence-electron chi connectivity index (χ1n) is 5.70. The smallest absolute Gasteiger partial charge is 0.152 e. The zero-order valence-electron chi connectivity index (χ0n) is 10.1. The predicted molar refractivity (Wildman–Crippen MR) is 79.5 cm³/mol. The lowest BCUT2D eigenvalue weighted by Gasteiger charge is -2.27. The van der Waals surface area contributed by atoms with Gasteiger partial charge < -0.3 is 4.90 Å². The Balaban J connectivity index is 2.26. The van der Waals surface area contributed by atoms with Gasteiger partial charge in [-0.2, -0.15) is 0 Å². The minimum Gasteiger partial charge on any atom is -0.370 e. The highest BCUT2D eigenvalue weighted by molar-refractivity contribution is 9.08. The van der Waals surface area contributed by atoms with Crippen molar-refractivity contribution >= 4 is 43.1 Å².